The van der Waals surface area contributed by atoms with Crippen LogP contribution in [0.5, 0.6) is 0 Å². The van der Waals surface area contributed by atoms with Crippen molar-refractivity contribution in [1.29, 1.82) is 0 Å². The lowest BCUT2D eigenvalue weighted by atomic mass is 10.8. The van der Waals surface area contributed by atoms with Crippen molar-refractivity contribution in [1.82, 2.24) is 0 Å². The summed E-state index contributed by atoms with van der Waals surface area (Å²) in [5.74, 6) is 0. The van der Waals surface area contributed by atoms with E-state index in [0.29, 0.717) is 13.2 Å². The van der Waals surface area contributed by atoms with Gasteiger partial charge in [0.1, 0.15) is 6.61 Å². The third kappa shape index (κ3) is 1.05. The number of ether oxygens (including phenoxy) is 1. The van der Waals surface area contributed by atoms with E-state index in [1.54, 1.807) is 0 Å². The summed E-state index contributed by atoms with van der Waals surface area (Å²) in [6.45, 7) is 0.934. The van der Waals surface area contributed by atoms with Gasteiger partial charge in [0.25, 0.3) is 0 Å². The van der Waals surface area contributed by atoms with Crippen LogP contribution in [0.15, 0.2) is 4.99 Å². The number of aliphatic imine (C=N–C) groups is 1. The number of hydrogen-bond donors (Lipinski definition) is 1. The molecular formula is C3H5NO3S. The zero-order valence-corrected chi connectivity index (χ0v) is 4.85. The van der Waals surface area contributed by atoms with Gasteiger partial charge in [-0.25, -0.2) is 9.20 Å². The highest BCUT2D eigenvalue weighted by Gasteiger charge is 2.11. The topological polar surface area (TPSA) is 58.9 Å². The van der Waals surface area contributed by atoms with Crippen molar-refractivity contribution in [2.75, 3.05) is 13.2 Å². The molecule has 0 saturated heterocycles. The minimum absolute atomic E-state index is 0.0509. The van der Waals surface area contributed by atoms with Gasteiger partial charge in [0.15, 0.2) is 0 Å². The average molecular weight is 135 g/mol. The van der Waals surface area contributed by atoms with E-state index < -0.39 is 11.1 Å². The van der Waals surface area contributed by atoms with E-state index in [-0.39, 0.29) is 5.23 Å². The zero-order valence-electron chi connectivity index (χ0n) is 4.03. The maximum Gasteiger partial charge on any atom is 0.305 e. The molecule has 0 aliphatic carbocycles. The molecular weight excluding hydrogens is 130 g/mol. The number of rotatable bonds is 0. The number of nitrogens with zero attached hydrogens (tertiary/aromatic N) is 1. The highest BCUT2D eigenvalue weighted by atomic mass is 32.2. The van der Waals surface area contributed by atoms with Gasteiger partial charge in [-0.2, -0.15) is 0 Å². The summed E-state index contributed by atoms with van der Waals surface area (Å²) >= 11 is -2.01. The molecule has 0 spiro atoms. The molecule has 1 aliphatic rings. The molecule has 0 fully saturated rings. The van der Waals surface area contributed by atoms with Gasteiger partial charge in [0.2, 0.25) is 11.1 Å². The van der Waals surface area contributed by atoms with Gasteiger partial charge < -0.3 is 4.74 Å². The second kappa shape index (κ2) is 2.23. The van der Waals surface area contributed by atoms with Gasteiger partial charge >= 0.3 is 5.23 Å². The Hall–Kier alpha value is -0.420. The van der Waals surface area contributed by atoms with E-state index in [0.717, 1.165) is 0 Å². The molecule has 4 nitrogen and oxygen atoms in total. The molecule has 8 heavy (non-hydrogen) atoms. The molecule has 1 atom stereocenters. The van der Waals surface area contributed by atoms with E-state index in [4.69, 9.17) is 4.55 Å². The first-order chi connectivity index (χ1) is 3.80. The maximum atomic E-state index is 10.1. The van der Waals surface area contributed by atoms with Crippen LogP contribution in [-0.4, -0.2) is 27.1 Å². The van der Waals surface area contributed by atoms with Crippen LogP contribution in [0.25, 0.3) is 0 Å². The van der Waals surface area contributed by atoms with E-state index >= 15 is 0 Å². The van der Waals surface area contributed by atoms with Crippen molar-refractivity contribution in [3.05, 3.63) is 0 Å². The predicted octanol–water partition coefficient (Wildman–Crippen LogP) is -0.406. The lowest BCUT2D eigenvalue weighted by molar-refractivity contribution is 0.352. The molecule has 1 unspecified atom stereocenters. The highest BCUT2D eigenvalue weighted by molar-refractivity contribution is 7.95. The summed E-state index contributed by atoms with van der Waals surface area (Å²) in [5, 5.41) is -0.0509. The average Bonchev–Trinajstić information content (AvgIpc) is 2.12. The molecule has 0 amide bonds. The molecule has 0 bridgehead atoms. The van der Waals surface area contributed by atoms with Gasteiger partial charge in [0, 0.05) is 0 Å². The fraction of sp³-hybridized carbons (Fsp3) is 0.667. The Morgan fingerprint density at radius 3 is 2.88 bits per heavy atom. The zero-order chi connectivity index (χ0) is 5.98. The Morgan fingerprint density at radius 2 is 2.62 bits per heavy atom. The second-order valence-corrected chi connectivity index (χ2v) is 2.09. The molecule has 0 aromatic heterocycles. The summed E-state index contributed by atoms with van der Waals surface area (Å²) in [6, 6.07) is 0. The first-order valence-electron chi connectivity index (χ1n) is 2.09. The Labute approximate surface area is 48.8 Å². The fourth-order valence-corrected chi connectivity index (χ4v) is 0.807. The van der Waals surface area contributed by atoms with Crippen molar-refractivity contribution in [3.8, 4) is 0 Å². The second-order valence-electron chi connectivity index (χ2n) is 1.25. The molecule has 0 aromatic rings. The maximum absolute atomic E-state index is 10.1. The van der Waals surface area contributed by atoms with Gasteiger partial charge in [-0.05, 0) is 0 Å². The van der Waals surface area contributed by atoms with Crippen LogP contribution in [0.4, 0.5) is 0 Å². The SMILES string of the molecule is O=S(O)C1=NCCO1. The molecule has 0 aromatic carbocycles. The summed E-state index contributed by atoms with van der Waals surface area (Å²) in [6.07, 6.45) is 0. The summed E-state index contributed by atoms with van der Waals surface area (Å²) in [7, 11) is 0. The van der Waals surface area contributed by atoms with Crippen molar-refractivity contribution in [2.45, 2.75) is 0 Å². The van der Waals surface area contributed by atoms with E-state index in [1.807, 2.05) is 0 Å². The van der Waals surface area contributed by atoms with Gasteiger partial charge in [-0.1, -0.05) is 0 Å². The molecule has 0 saturated carbocycles. The van der Waals surface area contributed by atoms with Crippen molar-refractivity contribution in [2.24, 2.45) is 4.99 Å². The third-order valence-corrected chi connectivity index (χ3v) is 1.25. The highest BCUT2D eigenvalue weighted by Crippen LogP contribution is 1.95. The van der Waals surface area contributed by atoms with Crippen molar-refractivity contribution in [3.63, 3.8) is 0 Å². The van der Waals surface area contributed by atoms with E-state index in [1.165, 1.54) is 0 Å². The standard InChI is InChI=1S/C3H5NO3S/c5-8(6)3-4-1-2-7-3/h1-2H2,(H,5,6). The van der Waals surface area contributed by atoms with Gasteiger partial charge in [-0.15, -0.1) is 0 Å². The first-order valence-corrected chi connectivity index (χ1v) is 3.19. The van der Waals surface area contributed by atoms with Crippen LogP contribution in [0.2, 0.25) is 0 Å². The first kappa shape index (κ1) is 5.71. The van der Waals surface area contributed by atoms with E-state index in [2.05, 4.69) is 9.73 Å². The van der Waals surface area contributed by atoms with E-state index in [9.17, 15) is 4.21 Å². The van der Waals surface area contributed by atoms with Crippen LogP contribution in [-0.2, 0) is 15.8 Å². The van der Waals surface area contributed by atoms with Crippen LogP contribution < -0.4 is 0 Å². The van der Waals surface area contributed by atoms with Crippen LogP contribution in [0.1, 0.15) is 0 Å². The van der Waals surface area contributed by atoms with Gasteiger partial charge in [0.05, 0.1) is 6.54 Å². The summed E-state index contributed by atoms with van der Waals surface area (Å²) in [5.41, 5.74) is 0. The van der Waals surface area contributed by atoms with Crippen LogP contribution in [0, 0.1) is 0 Å². The van der Waals surface area contributed by atoms with Crippen molar-refractivity contribution < 1.29 is 13.5 Å². The molecule has 5 heteroatoms. The predicted molar refractivity (Wildman–Crippen MR) is 29.0 cm³/mol. The Bertz CT molecular complexity index is 143. The monoisotopic (exact) mass is 135 g/mol. The molecule has 1 N–H and O–H groups in total. The minimum atomic E-state index is -2.01. The van der Waals surface area contributed by atoms with Crippen molar-refractivity contribution >= 4 is 16.3 Å². The molecule has 1 aliphatic heterocycles. The third-order valence-electron chi connectivity index (χ3n) is 0.707. The van der Waals surface area contributed by atoms with Crippen LogP contribution in [0.3, 0.4) is 0 Å². The summed E-state index contributed by atoms with van der Waals surface area (Å²) < 4.78 is 22.9. The number of hydrogen-bond acceptors (Lipinski definition) is 3. The normalized spacial score (nSPS) is 21.9. The summed E-state index contributed by atoms with van der Waals surface area (Å²) in [4.78, 5) is 3.58. The Kier molecular flexibility index (Phi) is 1.59. The molecule has 0 radical (unpaired) electrons. The Morgan fingerprint density at radius 1 is 1.88 bits per heavy atom. The fourth-order valence-electron chi connectivity index (χ4n) is 0.421. The lowest BCUT2D eigenvalue weighted by Gasteiger charge is -1.90. The molecule has 1 rings (SSSR count). The quantitative estimate of drug-likeness (QED) is 0.459. The smallest absolute Gasteiger partial charge is 0.305 e. The largest absolute Gasteiger partial charge is 0.468 e. The van der Waals surface area contributed by atoms with Crippen LogP contribution >= 0.6 is 0 Å². The minimum Gasteiger partial charge on any atom is -0.468 e. The molecule has 1 heterocycles. The van der Waals surface area contributed by atoms with Gasteiger partial charge in [-0.3, -0.25) is 4.55 Å². The lowest BCUT2D eigenvalue weighted by Crippen LogP contribution is -2.05. The molecule has 46 valence electrons. The Balaban J connectivity index is 2.57.